The fourth-order valence-corrected chi connectivity index (χ4v) is 2.99. The molecule has 7 N–H and O–H groups in total. The zero-order valence-electron chi connectivity index (χ0n) is 16.4. The fraction of sp³-hybridized carbons (Fsp3) is 0.182. The number of anilines is 2. The summed E-state index contributed by atoms with van der Waals surface area (Å²) in [5.74, 6) is 0.166. The quantitative estimate of drug-likeness (QED) is 0.293. The van der Waals surface area contributed by atoms with Crippen LogP contribution in [0.3, 0.4) is 0 Å². The second-order valence-electron chi connectivity index (χ2n) is 6.69. The van der Waals surface area contributed by atoms with Gasteiger partial charge in [0.1, 0.15) is 5.75 Å². The van der Waals surface area contributed by atoms with Crippen molar-refractivity contribution in [1.29, 1.82) is 5.41 Å². The fourth-order valence-electron chi connectivity index (χ4n) is 2.99. The molecular weight excluding hydrogens is 382 g/mol. The SMILES string of the molecule is N=C1C=C(N)/C(=N/c2ccc(N(CCO)CCO)cc2)C=C1Nc1ccc(O)cc1. The highest BCUT2D eigenvalue weighted by atomic mass is 16.3. The van der Waals surface area contributed by atoms with Crippen molar-refractivity contribution in [2.45, 2.75) is 0 Å². The zero-order chi connectivity index (χ0) is 21.5. The van der Waals surface area contributed by atoms with Crippen LogP contribution in [-0.4, -0.2) is 53.0 Å². The number of nitrogens with two attached hydrogens (primary N) is 1. The first-order valence-corrected chi connectivity index (χ1v) is 9.50. The van der Waals surface area contributed by atoms with Crippen LogP contribution in [0.4, 0.5) is 17.1 Å². The maximum Gasteiger partial charge on any atom is 0.115 e. The molecule has 0 aromatic heterocycles. The van der Waals surface area contributed by atoms with Gasteiger partial charge in [0.2, 0.25) is 0 Å². The number of aliphatic hydroxyl groups is 2. The second kappa shape index (κ2) is 9.73. The molecule has 0 bridgehead atoms. The van der Waals surface area contributed by atoms with Gasteiger partial charge in [-0.25, -0.2) is 4.99 Å². The van der Waals surface area contributed by atoms with E-state index >= 15 is 0 Å². The maximum atomic E-state index is 9.41. The lowest BCUT2D eigenvalue weighted by Crippen LogP contribution is -2.29. The third kappa shape index (κ3) is 5.25. The molecular formula is C22H25N5O3. The van der Waals surface area contributed by atoms with E-state index in [0.29, 0.717) is 35.9 Å². The summed E-state index contributed by atoms with van der Waals surface area (Å²) in [6.07, 6.45) is 3.25. The highest BCUT2D eigenvalue weighted by Crippen LogP contribution is 2.23. The normalized spacial score (nSPS) is 15.0. The van der Waals surface area contributed by atoms with Gasteiger partial charge in [-0.2, -0.15) is 0 Å². The Bertz CT molecular complexity index is 973. The summed E-state index contributed by atoms with van der Waals surface area (Å²) in [5, 5.41) is 39.1. The number of phenolic OH excluding ortho intramolecular Hbond substituents is 1. The van der Waals surface area contributed by atoms with Crippen molar-refractivity contribution in [3.63, 3.8) is 0 Å². The molecule has 0 unspecified atom stereocenters. The summed E-state index contributed by atoms with van der Waals surface area (Å²) in [5.41, 5.74) is 10.1. The first-order chi connectivity index (χ1) is 14.5. The molecule has 0 atom stereocenters. The van der Waals surface area contributed by atoms with Crippen LogP contribution in [0.1, 0.15) is 0 Å². The topological polar surface area (TPSA) is 138 Å². The van der Waals surface area contributed by atoms with Crippen LogP contribution < -0.4 is 16.0 Å². The molecule has 1 aliphatic carbocycles. The van der Waals surface area contributed by atoms with Gasteiger partial charge in [0, 0.05) is 24.5 Å². The number of hydrogen-bond donors (Lipinski definition) is 6. The molecule has 2 aromatic rings. The molecule has 0 amide bonds. The van der Waals surface area contributed by atoms with Gasteiger partial charge in [0.15, 0.2) is 0 Å². The minimum absolute atomic E-state index is 0.00105. The lowest BCUT2D eigenvalue weighted by molar-refractivity contribution is 0.281. The second-order valence-corrected chi connectivity index (χ2v) is 6.69. The summed E-state index contributed by atoms with van der Waals surface area (Å²) in [6, 6.07) is 14.0. The van der Waals surface area contributed by atoms with Crippen LogP contribution >= 0.6 is 0 Å². The third-order valence-electron chi connectivity index (χ3n) is 4.52. The van der Waals surface area contributed by atoms with E-state index in [-0.39, 0.29) is 24.7 Å². The van der Waals surface area contributed by atoms with Gasteiger partial charge in [-0.3, -0.25) is 5.41 Å². The van der Waals surface area contributed by atoms with Crippen LogP contribution in [-0.2, 0) is 0 Å². The molecule has 8 nitrogen and oxygen atoms in total. The van der Waals surface area contributed by atoms with Gasteiger partial charge in [-0.05, 0) is 60.7 Å². The van der Waals surface area contributed by atoms with Gasteiger partial charge in [0.25, 0.3) is 0 Å². The van der Waals surface area contributed by atoms with Crippen molar-refractivity contribution in [3.05, 3.63) is 72.1 Å². The first-order valence-electron chi connectivity index (χ1n) is 9.50. The Morgan fingerprint density at radius 2 is 1.57 bits per heavy atom. The van der Waals surface area contributed by atoms with E-state index in [2.05, 4.69) is 10.3 Å². The van der Waals surface area contributed by atoms with Gasteiger partial charge >= 0.3 is 0 Å². The molecule has 0 saturated heterocycles. The minimum atomic E-state index is -0.00105. The number of allylic oxidation sites excluding steroid dienone is 2. The lowest BCUT2D eigenvalue weighted by Gasteiger charge is -2.23. The summed E-state index contributed by atoms with van der Waals surface area (Å²) in [6.45, 7) is 0.861. The van der Waals surface area contributed by atoms with Gasteiger partial charge in [0.05, 0.1) is 41.7 Å². The number of rotatable bonds is 8. The van der Waals surface area contributed by atoms with Crippen LogP contribution in [0.15, 0.2) is 77.1 Å². The van der Waals surface area contributed by atoms with Crippen molar-refractivity contribution in [2.75, 3.05) is 36.5 Å². The standard InChI is InChI=1S/C22H25N5O3/c23-19-13-20(24)22(26-16-3-7-18(30)8-4-16)14-21(19)25-15-1-5-17(6-2-15)27(9-11-28)10-12-29/h1-8,13-14,24,26,28-30H,9-12,23H2/b24-20?,25-21+. The third-order valence-corrected chi connectivity index (χ3v) is 4.52. The summed E-state index contributed by atoms with van der Waals surface area (Å²) >= 11 is 0. The Balaban J connectivity index is 1.82. The number of phenols is 1. The van der Waals surface area contributed by atoms with Crippen molar-refractivity contribution >= 4 is 28.5 Å². The van der Waals surface area contributed by atoms with Crippen molar-refractivity contribution in [3.8, 4) is 5.75 Å². The average molecular weight is 407 g/mol. The Morgan fingerprint density at radius 1 is 0.933 bits per heavy atom. The Kier molecular flexibility index (Phi) is 6.84. The molecule has 0 heterocycles. The zero-order valence-corrected chi connectivity index (χ0v) is 16.4. The van der Waals surface area contributed by atoms with E-state index in [1.54, 1.807) is 36.4 Å². The molecule has 8 heteroatoms. The molecule has 0 saturated carbocycles. The number of nitrogens with one attached hydrogen (secondary N) is 2. The van der Waals surface area contributed by atoms with Crippen molar-refractivity contribution in [1.82, 2.24) is 0 Å². The Hall–Kier alpha value is -3.62. The first kappa shape index (κ1) is 21.1. The highest BCUT2D eigenvalue weighted by Gasteiger charge is 2.15. The Labute approximate surface area is 174 Å². The molecule has 0 spiro atoms. The van der Waals surface area contributed by atoms with E-state index in [1.165, 1.54) is 0 Å². The van der Waals surface area contributed by atoms with E-state index < -0.39 is 0 Å². The number of aliphatic imine (C=N–C) groups is 1. The van der Waals surface area contributed by atoms with Crippen molar-refractivity contribution in [2.24, 2.45) is 10.7 Å². The van der Waals surface area contributed by atoms with Gasteiger partial charge in [-0.15, -0.1) is 0 Å². The minimum Gasteiger partial charge on any atom is -0.508 e. The molecule has 156 valence electrons. The van der Waals surface area contributed by atoms with Gasteiger partial charge in [-0.1, -0.05) is 0 Å². The number of benzene rings is 2. The van der Waals surface area contributed by atoms with Crippen LogP contribution in [0.2, 0.25) is 0 Å². The number of nitrogens with zero attached hydrogens (tertiary/aromatic N) is 2. The van der Waals surface area contributed by atoms with E-state index in [1.807, 2.05) is 29.2 Å². The molecule has 0 fully saturated rings. The van der Waals surface area contributed by atoms with Crippen LogP contribution in [0, 0.1) is 5.41 Å². The molecule has 0 radical (unpaired) electrons. The number of aromatic hydroxyl groups is 1. The van der Waals surface area contributed by atoms with Crippen LogP contribution in [0.5, 0.6) is 5.75 Å². The summed E-state index contributed by atoms with van der Waals surface area (Å²) < 4.78 is 0. The van der Waals surface area contributed by atoms with Gasteiger partial charge < -0.3 is 31.3 Å². The molecule has 30 heavy (non-hydrogen) atoms. The molecule has 1 aliphatic rings. The molecule has 2 aromatic carbocycles. The lowest BCUT2D eigenvalue weighted by atomic mass is 10.0. The Morgan fingerprint density at radius 3 is 2.17 bits per heavy atom. The molecule has 0 aliphatic heterocycles. The summed E-state index contributed by atoms with van der Waals surface area (Å²) in [4.78, 5) is 6.47. The smallest absolute Gasteiger partial charge is 0.115 e. The average Bonchev–Trinajstić information content (AvgIpc) is 2.73. The maximum absolute atomic E-state index is 9.41. The predicted octanol–water partition coefficient (Wildman–Crippen LogP) is 2.13. The van der Waals surface area contributed by atoms with E-state index in [4.69, 9.17) is 11.1 Å². The largest absolute Gasteiger partial charge is 0.508 e. The van der Waals surface area contributed by atoms with Crippen molar-refractivity contribution < 1.29 is 15.3 Å². The predicted molar refractivity (Wildman–Crippen MR) is 120 cm³/mol. The summed E-state index contributed by atoms with van der Waals surface area (Å²) in [7, 11) is 0. The number of aliphatic hydroxyl groups excluding tert-OH is 2. The monoisotopic (exact) mass is 407 g/mol. The highest BCUT2D eigenvalue weighted by molar-refractivity contribution is 6.23. The van der Waals surface area contributed by atoms with Crippen LogP contribution in [0.25, 0.3) is 0 Å². The van der Waals surface area contributed by atoms with E-state index in [0.717, 1.165) is 11.4 Å². The molecule has 3 rings (SSSR count). The number of hydrogen-bond acceptors (Lipinski definition) is 8. The van der Waals surface area contributed by atoms with E-state index in [9.17, 15) is 15.3 Å².